The molecule has 1 atom stereocenters. The zero-order chi connectivity index (χ0) is 32.3. The number of hydrogen-bond donors (Lipinski definition) is 2. The van der Waals surface area contributed by atoms with E-state index in [2.05, 4.69) is 15.4 Å². The normalized spacial score (nSPS) is 25.8. The summed E-state index contributed by atoms with van der Waals surface area (Å²) in [7, 11) is 0. The molecule has 0 aliphatic carbocycles. The largest absolute Gasteiger partial charge is 0.476 e. The number of ether oxygens (including phenoxy) is 1. The second kappa shape index (κ2) is 9.20. The zero-order valence-electron chi connectivity index (χ0n) is 27.5. The molecule has 1 aromatic carbocycles. The number of aryl methyl sites for hydroxylation is 1. The number of piperidine rings is 1. The standard InChI is InChI=1S/C23H26F3N5O/c1-13-3-4-18(24)14(2)20(13)21(22(25)26)32-19-9-15(10-29-23(19)27)16-11-30-31(12-16)17-5-7-28-8-6-17/h3-4,9-12,17,21-22,28H,5-8H2,1-2H3,(H2,27,29)/i1D3,2D3,5D2,6D2,21D. The number of anilines is 1. The summed E-state index contributed by atoms with van der Waals surface area (Å²) in [4.78, 5) is 3.86. The third kappa shape index (κ3) is 4.43. The van der Waals surface area contributed by atoms with Crippen LogP contribution in [0.15, 0.2) is 36.8 Å². The van der Waals surface area contributed by atoms with Crippen LogP contribution in [-0.2, 0) is 0 Å². The fourth-order valence-corrected chi connectivity index (χ4v) is 3.14. The highest BCUT2D eigenvalue weighted by Gasteiger charge is 2.30. The van der Waals surface area contributed by atoms with Crippen LogP contribution in [0.1, 0.15) is 56.6 Å². The zero-order valence-corrected chi connectivity index (χ0v) is 16.5. The Kier molecular flexibility index (Phi) is 3.52. The van der Waals surface area contributed by atoms with Gasteiger partial charge in [-0.05, 0) is 62.8 Å². The Morgan fingerprint density at radius 3 is 2.81 bits per heavy atom. The van der Waals surface area contributed by atoms with Crippen molar-refractivity contribution in [3.05, 3.63) is 59.3 Å². The summed E-state index contributed by atoms with van der Waals surface area (Å²) in [6.07, 6.45) is -8.15. The number of halogens is 3. The number of rotatable bonds is 6. The van der Waals surface area contributed by atoms with Gasteiger partial charge in [0, 0.05) is 42.8 Å². The van der Waals surface area contributed by atoms with Gasteiger partial charge in [0.1, 0.15) is 5.82 Å². The van der Waals surface area contributed by atoms with Gasteiger partial charge in [-0.25, -0.2) is 18.2 Å². The van der Waals surface area contributed by atoms with Crippen LogP contribution in [-0.4, -0.2) is 34.3 Å². The van der Waals surface area contributed by atoms with E-state index in [4.69, 9.17) is 25.5 Å². The Hall–Kier alpha value is -3.07. The lowest BCUT2D eigenvalue weighted by atomic mass is 9.97. The van der Waals surface area contributed by atoms with Gasteiger partial charge in [-0.2, -0.15) is 5.10 Å². The molecule has 170 valence electrons. The number of nitrogens with zero attached hydrogens (tertiary/aromatic N) is 3. The molecule has 6 nitrogen and oxygen atoms in total. The predicted octanol–water partition coefficient (Wildman–Crippen LogP) is 4.59. The minimum absolute atomic E-state index is 0.0773. The van der Waals surface area contributed by atoms with Crippen molar-refractivity contribution in [2.75, 3.05) is 18.8 Å². The quantitative estimate of drug-likeness (QED) is 0.567. The highest BCUT2D eigenvalue weighted by molar-refractivity contribution is 5.66. The maximum Gasteiger partial charge on any atom is 0.279 e. The van der Waals surface area contributed by atoms with Crippen molar-refractivity contribution in [3.63, 3.8) is 0 Å². The summed E-state index contributed by atoms with van der Waals surface area (Å²) in [5.74, 6) is -2.80. The van der Waals surface area contributed by atoms with Gasteiger partial charge in [0.2, 0.25) is 0 Å². The van der Waals surface area contributed by atoms with Crippen molar-refractivity contribution in [1.29, 1.82) is 0 Å². The van der Waals surface area contributed by atoms with E-state index in [1.54, 1.807) is 0 Å². The molecule has 3 aromatic rings. The van der Waals surface area contributed by atoms with E-state index in [1.807, 2.05) is 0 Å². The van der Waals surface area contributed by atoms with Crippen LogP contribution >= 0.6 is 0 Å². The monoisotopic (exact) mass is 456 g/mol. The van der Waals surface area contributed by atoms with Crippen LogP contribution in [0.2, 0.25) is 0 Å². The van der Waals surface area contributed by atoms with Crippen molar-refractivity contribution >= 4 is 5.82 Å². The molecule has 9 heteroatoms. The van der Waals surface area contributed by atoms with Gasteiger partial charge in [-0.1, -0.05) is 6.07 Å². The molecule has 1 fully saturated rings. The van der Waals surface area contributed by atoms with E-state index >= 15 is 0 Å². The van der Waals surface area contributed by atoms with Crippen LogP contribution in [0.3, 0.4) is 0 Å². The van der Waals surface area contributed by atoms with Gasteiger partial charge in [0.05, 0.1) is 13.6 Å². The lowest BCUT2D eigenvalue weighted by Crippen LogP contribution is -2.29. The van der Waals surface area contributed by atoms with Crippen molar-refractivity contribution in [1.82, 2.24) is 20.1 Å². The Labute approximate surface area is 200 Å². The third-order valence-electron chi connectivity index (χ3n) is 4.74. The molecule has 1 aliphatic heterocycles. The number of alkyl halides is 2. The van der Waals surface area contributed by atoms with Crippen molar-refractivity contribution in [3.8, 4) is 16.9 Å². The molecule has 4 rings (SSSR count). The molecule has 32 heavy (non-hydrogen) atoms. The maximum atomic E-state index is 14.8. The molecule has 2 aromatic heterocycles. The van der Waals surface area contributed by atoms with Crippen molar-refractivity contribution in [2.45, 2.75) is 45.0 Å². The van der Waals surface area contributed by atoms with E-state index in [0.29, 0.717) is 12.1 Å². The SMILES string of the molecule is [2H]C([2H])([2H])c1ccc(F)c(C([2H])([2H])[2H])c1C([2H])(Oc1cc(-c2cnn(C3C([2H])([2H])CNCC3([2H])[2H])c2)cnc1N)C(F)F. The molecule has 0 amide bonds. The number of nitrogens with two attached hydrogens (primary N) is 1. The van der Waals surface area contributed by atoms with Crippen molar-refractivity contribution < 1.29 is 33.0 Å². The minimum Gasteiger partial charge on any atom is -0.476 e. The van der Waals surface area contributed by atoms with Crippen LogP contribution < -0.4 is 15.8 Å². The topological polar surface area (TPSA) is 78.0 Å². The summed E-state index contributed by atoms with van der Waals surface area (Å²) < 4.78 is 139. The van der Waals surface area contributed by atoms with Gasteiger partial charge >= 0.3 is 0 Å². The van der Waals surface area contributed by atoms with E-state index in [0.717, 1.165) is 16.9 Å². The lowest BCUT2D eigenvalue weighted by molar-refractivity contribution is 0.00988. The van der Waals surface area contributed by atoms with E-state index in [1.165, 1.54) is 12.4 Å². The average Bonchev–Trinajstić information content (AvgIpc) is 3.31. The molecule has 0 radical (unpaired) electrons. The molecule has 0 spiro atoms. The first-order valence-electron chi connectivity index (χ1n) is 14.9. The molecule has 1 saturated heterocycles. The fourth-order valence-electron chi connectivity index (χ4n) is 3.14. The van der Waals surface area contributed by atoms with Crippen LogP contribution in [0.4, 0.5) is 19.0 Å². The Morgan fingerprint density at radius 2 is 2.09 bits per heavy atom. The predicted molar refractivity (Wildman–Crippen MR) is 116 cm³/mol. The Morgan fingerprint density at radius 1 is 1.28 bits per heavy atom. The number of hydrogen-bond acceptors (Lipinski definition) is 5. The van der Waals surface area contributed by atoms with Gasteiger partial charge in [-0.3, -0.25) is 4.68 Å². The van der Waals surface area contributed by atoms with Crippen LogP contribution in [0.5, 0.6) is 5.75 Å². The molecule has 3 N–H and O–H groups in total. The highest BCUT2D eigenvalue weighted by atomic mass is 19.3. The number of nitrogens with one attached hydrogen (secondary N) is 1. The Bertz CT molecular complexity index is 1500. The molecule has 1 unspecified atom stereocenters. The molecule has 3 heterocycles. The van der Waals surface area contributed by atoms with E-state index in [9.17, 15) is 13.2 Å². The summed E-state index contributed by atoms with van der Waals surface area (Å²) in [6.45, 7) is -7.01. The second-order valence-electron chi connectivity index (χ2n) is 6.84. The molecular formula is C23H26F3N5O. The number of aromatic nitrogens is 3. The third-order valence-corrected chi connectivity index (χ3v) is 4.74. The first-order chi connectivity index (χ1) is 19.6. The molecule has 0 saturated carbocycles. The number of nitrogen functional groups attached to an aromatic ring is 1. The Balaban J connectivity index is 1.83. The second-order valence-corrected chi connectivity index (χ2v) is 6.84. The van der Waals surface area contributed by atoms with Gasteiger partial charge in [0.15, 0.2) is 17.6 Å². The number of pyridine rings is 1. The van der Waals surface area contributed by atoms with Gasteiger partial charge in [-0.15, -0.1) is 0 Å². The summed E-state index contributed by atoms with van der Waals surface area (Å²) in [5.41, 5.74) is 2.23. The molecule has 0 bridgehead atoms. The summed E-state index contributed by atoms with van der Waals surface area (Å²) in [5, 5.41) is 6.77. The molecule has 1 aliphatic rings. The fraction of sp³-hybridized carbons (Fsp3) is 0.391. The molecular weight excluding hydrogens is 419 g/mol. The average molecular weight is 457 g/mol. The van der Waals surface area contributed by atoms with Crippen molar-refractivity contribution in [2.24, 2.45) is 0 Å². The first kappa shape index (κ1) is 12.2. The lowest BCUT2D eigenvalue weighted by Gasteiger charge is -2.23. The smallest absolute Gasteiger partial charge is 0.279 e. The van der Waals surface area contributed by atoms with Gasteiger partial charge < -0.3 is 15.8 Å². The number of benzene rings is 1. The minimum atomic E-state index is -3.92. The summed E-state index contributed by atoms with van der Waals surface area (Å²) >= 11 is 0. The highest BCUT2D eigenvalue weighted by Crippen LogP contribution is 2.36. The van der Waals surface area contributed by atoms with Gasteiger partial charge in [0.25, 0.3) is 6.43 Å². The van der Waals surface area contributed by atoms with Crippen LogP contribution in [0, 0.1) is 19.5 Å². The first-order valence-corrected chi connectivity index (χ1v) is 9.41. The van der Waals surface area contributed by atoms with E-state index in [-0.39, 0.29) is 24.2 Å². The summed E-state index contributed by atoms with van der Waals surface area (Å²) in [6, 6.07) is 0.772. The maximum absolute atomic E-state index is 14.8. The van der Waals surface area contributed by atoms with Crippen LogP contribution in [0.25, 0.3) is 11.1 Å². The van der Waals surface area contributed by atoms with E-state index < -0.39 is 79.1 Å².